The Morgan fingerprint density at radius 2 is 2.10 bits per heavy atom. The van der Waals surface area contributed by atoms with Crippen LogP contribution in [0.15, 0.2) is 22.8 Å². The number of hydrogen-bond donors (Lipinski definition) is 1. The van der Waals surface area contributed by atoms with Crippen molar-refractivity contribution in [1.82, 2.24) is 20.1 Å². The number of rotatable bonds is 5. The molecule has 0 amide bonds. The quantitative estimate of drug-likeness (QED) is 0.911. The highest BCUT2D eigenvalue weighted by Crippen LogP contribution is 2.26. The number of hydrogen-bond acceptors (Lipinski definition) is 3. The standard InChI is InChI=1S/C15H21BrN4/c1-5-20-14(15(16)11(3)19-20)8-13(17-4)12-7-6-10(2)18-9-12/h6-7,9,13,17H,5,8H2,1-4H3. The van der Waals surface area contributed by atoms with E-state index in [0.717, 1.165) is 28.8 Å². The van der Waals surface area contributed by atoms with Crippen molar-refractivity contribution < 1.29 is 0 Å². The molecule has 0 aromatic carbocycles. The normalized spacial score (nSPS) is 12.7. The molecule has 0 aliphatic heterocycles. The van der Waals surface area contributed by atoms with Gasteiger partial charge in [-0.15, -0.1) is 0 Å². The molecule has 20 heavy (non-hydrogen) atoms. The molecule has 0 aliphatic rings. The molecule has 0 bridgehead atoms. The lowest BCUT2D eigenvalue weighted by atomic mass is 10.0. The minimum atomic E-state index is 0.237. The van der Waals surface area contributed by atoms with Crippen molar-refractivity contribution in [3.63, 3.8) is 0 Å². The SMILES string of the molecule is CCn1nc(C)c(Br)c1CC(NC)c1ccc(C)nc1. The Hall–Kier alpha value is -1.20. The zero-order chi connectivity index (χ0) is 14.7. The molecule has 4 nitrogen and oxygen atoms in total. The van der Waals surface area contributed by atoms with Crippen LogP contribution in [-0.4, -0.2) is 21.8 Å². The van der Waals surface area contributed by atoms with E-state index in [0.29, 0.717) is 0 Å². The number of aromatic nitrogens is 3. The van der Waals surface area contributed by atoms with Crippen LogP contribution in [0.3, 0.4) is 0 Å². The molecule has 0 fully saturated rings. The Bertz CT molecular complexity index is 574. The van der Waals surface area contributed by atoms with Crippen molar-refractivity contribution in [1.29, 1.82) is 0 Å². The minimum absolute atomic E-state index is 0.237. The van der Waals surface area contributed by atoms with E-state index in [4.69, 9.17) is 0 Å². The van der Waals surface area contributed by atoms with E-state index in [9.17, 15) is 0 Å². The highest BCUT2D eigenvalue weighted by molar-refractivity contribution is 9.10. The Labute approximate surface area is 128 Å². The molecule has 0 spiro atoms. The molecule has 1 atom stereocenters. The third kappa shape index (κ3) is 3.10. The van der Waals surface area contributed by atoms with Gasteiger partial charge in [-0.05, 0) is 55.4 Å². The summed E-state index contributed by atoms with van der Waals surface area (Å²) in [4.78, 5) is 4.39. The predicted molar refractivity (Wildman–Crippen MR) is 84.8 cm³/mol. The van der Waals surface area contributed by atoms with Crippen molar-refractivity contribution in [2.75, 3.05) is 7.05 Å². The van der Waals surface area contributed by atoms with E-state index in [-0.39, 0.29) is 6.04 Å². The van der Waals surface area contributed by atoms with Crippen LogP contribution < -0.4 is 5.32 Å². The van der Waals surface area contributed by atoms with Crippen LogP contribution in [0.4, 0.5) is 0 Å². The fourth-order valence-electron chi connectivity index (χ4n) is 2.33. The summed E-state index contributed by atoms with van der Waals surface area (Å²) in [6, 6.07) is 4.43. The lowest BCUT2D eigenvalue weighted by molar-refractivity contribution is 0.538. The summed E-state index contributed by atoms with van der Waals surface area (Å²) in [7, 11) is 1.98. The van der Waals surface area contributed by atoms with Gasteiger partial charge in [-0.2, -0.15) is 5.10 Å². The summed E-state index contributed by atoms with van der Waals surface area (Å²) in [5, 5.41) is 7.92. The van der Waals surface area contributed by atoms with Crippen LogP contribution in [0.2, 0.25) is 0 Å². The molecule has 0 radical (unpaired) electrons. The second-order valence-corrected chi connectivity index (χ2v) is 5.73. The highest BCUT2D eigenvalue weighted by atomic mass is 79.9. The van der Waals surface area contributed by atoms with E-state index in [1.54, 1.807) is 0 Å². The minimum Gasteiger partial charge on any atom is -0.313 e. The maximum absolute atomic E-state index is 4.55. The molecule has 2 aromatic rings. The van der Waals surface area contributed by atoms with Gasteiger partial charge in [-0.25, -0.2) is 0 Å². The Balaban J connectivity index is 2.28. The molecule has 1 N–H and O–H groups in total. The monoisotopic (exact) mass is 336 g/mol. The van der Waals surface area contributed by atoms with Crippen LogP contribution in [-0.2, 0) is 13.0 Å². The topological polar surface area (TPSA) is 42.7 Å². The number of nitrogens with zero attached hydrogens (tertiary/aromatic N) is 3. The van der Waals surface area contributed by atoms with Gasteiger partial charge in [0.1, 0.15) is 0 Å². The first-order valence-electron chi connectivity index (χ1n) is 6.88. The smallest absolute Gasteiger partial charge is 0.0738 e. The van der Waals surface area contributed by atoms with Crippen LogP contribution >= 0.6 is 15.9 Å². The number of aryl methyl sites for hydroxylation is 3. The van der Waals surface area contributed by atoms with Crippen molar-refractivity contribution in [2.45, 2.75) is 39.8 Å². The van der Waals surface area contributed by atoms with E-state index < -0.39 is 0 Å². The fraction of sp³-hybridized carbons (Fsp3) is 0.467. The van der Waals surface area contributed by atoms with Crippen LogP contribution in [0.25, 0.3) is 0 Å². The predicted octanol–water partition coefficient (Wildman–Crippen LogP) is 3.18. The van der Waals surface area contributed by atoms with Crippen LogP contribution in [0, 0.1) is 13.8 Å². The molecule has 1 unspecified atom stereocenters. The summed E-state index contributed by atoms with van der Waals surface area (Å²) >= 11 is 3.66. The number of pyridine rings is 1. The van der Waals surface area contributed by atoms with E-state index in [1.165, 1.54) is 11.3 Å². The Morgan fingerprint density at radius 1 is 1.35 bits per heavy atom. The molecular weight excluding hydrogens is 316 g/mol. The largest absolute Gasteiger partial charge is 0.313 e. The Kier molecular flexibility index (Phi) is 4.94. The molecule has 0 saturated carbocycles. The second kappa shape index (κ2) is 6.50. The lowest BCUT2D eigenvalue weighted by Crippen LogP contribution is -2.21. The molecule has 2 rings (SSSR count). The fourth-order valence-corrected chi connectivity index (χ4v) is 2.78. The second-order valence-electron chi connectivity index (χ2n) is 4.94. The van der Waals surface area contributed by atoms with Crippen molar-refractivity contribution in [3.8, 4) is 0 Å². The van der Waals surface area contributed by atoms with Gasteiger partial charge in [0, 0.05) is 30.9 Å². The Morgan fingerprint density at radius 3 is 2.65 bits per heavy atom. The van der Waals surface area contributed by atoms with E-state index >= 15 is 0 Å². The number of nitrogens with one attached hydrogen (secondary N) is 1. The zero-order valence-corrected chi connectivity index (χ0v) is 14.0. The average molecular weight is 337 g/mol. The summed E-state index contributed by atoms with van der Waals surface area (Å²) in [6.07, 6.45) is 2.83. The van der Waals surface area contributed by atoms with E-state index in [2.05, 4.69) is 55.1 Å². The maximum Gasteiger partial charge on any atom is 0.0738 e. The molecular formula is C15H21BrN4. The zero-order valence-electron chi connectivity index (χ0n) is 12.4. The number of likely N-dealkylation sites (N-methyl/N-ethyl adjacent to an activating group) is 1. The lowest BCUT2D eigenvalue weighted by Gasteiger charge is -2.17. The molecule has 0 aliphatic carbocycles. The van der Waals surface area contributed by atoms with Gasteiger partial charge in [-0.1, -0.05) is 6.07 Å². The molecule has 108 valence electrons. The molecule has 2 aromatic heterocycles. The van der Waals surface area contributed by atoms with Gasteiger partial charge >= 0.3 is 0 Å². The van der Waals surface area contributed by atoms with E-state index in [1.807, 2.05) is 27.1 Å². The van der Waals surface area contributed by atoms with Gasteiger partial charge in [0.25, 0.3) is 0 Å². The summed E-state index contributed by atoms with van der Waals surface area (Å²) in [5.41, 5.74) is 4.51. The maximum atomic E-state index is 4.55. The molecule has 5 heteroatoms. The summed E-state index contributed by atoms with van der Waals surface area (Å²) in [5.74, 6) is 0. The van der Waals surface area contributed by atoms with Gasteiger partial charge < -0.3 is 5.32 Å². The van der Waals surface area contributed by atoms with Gasteiger partial charge in [0.05, 0.1) is 15.9 Å². The third-order valence-corrected chi connectivity index (χ3v) is 4.57. The van der Waals surface area contributed by atoms with Crippen molar-refractivity contribution in [3.05, 3.63) is 45.4 Å². The van der Waals surface area contributed by atoms with Crippen LogP contribution in [0.1, 0.15) is 35.6 Å². The third-order valence-electron chi connectivity index (χ3n) is 3.54. The van der Waals surface area contributed by atoms with Crippen molar-refractivity contribution in [2.24, 2.45) is 0 Å². The van der Waals surface area contributed by atoms with Crippen molar-refractivity contribution >= 4 is 15.9 Å². The number of halogens is 1. The first-order chi connectivity index (χ1) is 9.56. The van der Waals surface area contributed by atoms with Gasteiger partial charge in [0.2, 0.25) is 0 Å². The average Bonchev–Trinajstić information content (AvgIpc) is 2.73. The highest BCUT2D eigenvalue weighted by Gasteiger charge is 2.18. The molecule has 0 saturated heterocycles. The van der Waals surface area contributed by atoms with Gasteiger partial charge in [0.15, 0.2) is 0 Å². The first-order valence-corrected chi connectivity index (χ1v) is 7.67. The first kappa shape index (κ1) is 15.2. The van der Waals surface area contributed by atoms with Crippen LogP contribution in [0.5, 0.6) is 0 Å². The summed E-state index contributed by atoms with van der Waals surface area (Å²) < 4.78 is 3.17. The van der Waals surface area contributed by atoms with Gasteiger partial charge in [-0.3, -0.25) is 9.67 Å². The summed E-state index contributed by atoms with van der Waals surface area (Å²) in [6.45, 7) is 7.03. The molecule has 2 heterocycles.